The lowest BCUT2D eigenvalue weighted by Gasteiger charge is -2.20. The fourth-order valence-corrected chi connectivity index (χ4v) is 4.48. The monoisotopic (exact) mass is 442 g/mol. The molecule has 0 saturated heterocycles. The first-order valence-electron chi connectivity index (χ1n) is 9.34. The maximum Gasteiger partial charge on any atom is 0.243 e. The Morgan fingerprint density at radius 2 is 1.81 bits per heavy atom. The molecule has 4 rings (SSSR count). The van der Waals surface area contributed by atoms with Crippen LogP contribution in [0.15, 0.2) is 86.8 Å². The minimum absolute atomic E-state index is 0.0242. The topological polar surface area (TPSA) is 85.8 Å². The molecule has 0 radical (unpaired) electrons. The summed E-state index contributed by atoms with van der Waals surface area (Å²) in [5.74, 6) is 0.995. The van der Waals surface area contributed by atoms with Crippen LogP contribution in [0.25, 0.3) is 11.3 Å². The number of para-hydroxylation sites is 1. The van der Waals surface area contributed by atoms with Gasteiger partial charge >= 0.3 is 0 Å². The Kier molecular flexibility index (Phi) is 5.88. The molecule has 2 aromatic heterocycles. The van der Waals surface area contributed by atoms with Crippen LogP contribution < -0.4 is 4.74 Å². The molecule has 0 unspecified atom stereocenters. The van der Waals surface area contributed by atoms with Gasteiger partial charge in [-0.25, -0.2) is 12.8 Å². The Bertz CT molecular complexity index is 1250. The number of furan rings is 1. The first kappa shape index (κ1) is 20.8. The van der Waals surface area contributed by atoms with E-state index in [0.717, 1.165) is 12.1 Å². The molecule has 4 aromatic rings. The van der Waals surface area contributed by atoms with Crippen molar-refractivity contribution in [1.29, 1.82) is 0 Å². The summed E-state index contributed by atoms with van der Waals surface area (Å²) >= 11 is 0. The maximum absolute atomic E-state index is 13.3. The van der Waals surface area contributed by atoms with Crippen molar-refractivity contribution in [2.75, 3.05) is 7.11 Å². The molecule has 0 amide bonds. The van der Waals surface area contributed by atoms with Gasteiger partial charge in [0, 0.05) is 6.07 Å². The number of sulfonamides is 1. The average Bonchev–Trinajstić information content (AvgIpc) is 3.46. The molecule has 2 heterocycles. The van der Waals surface area contributed by atoms with Gasteiger partial charge in [-0.1, -0.05) is 17.3 Å². The number of hydrogen-bond acceptors (Lipinski definition) is 6. The van der Waals surface area contributed by atoms with E-state index in [1.54, 1.807) is 31.4 Å². The third kappa shape index (κ3) is 4.52. The Morgan fingerprint density at radius 1 is 1.03 bits per heavy atom. The van der Waals surface area contributed by atoms with Crippen molar-refractivity contribution in [3.05, 3.63) is 90.3 Å². The molecule has 160 valence electrons. The third-order valence-corrected chi connectivity index (χ3v) is 6.44. The van der Waals surface area contributed by atoms with Gasteiger partial charge in [-0.3, -0.25) is 0 Å². The lowest BCUT2D eigenvalue weighted by molar-refractivity contribution is 0.343. The Morgan fingerprint density at radius 3 is 2.52 bits per heavy atom. The fourth-order valence-electron chi connectivity index (χ4n) is 3.10. The molecule has 9 heteroatoms. The van der Waals surface area contributed by atoms with Gasteiger partial charge in [0.1, 0.15) is 17.3 Å². The Labute approximate surface area is 178 Å². The van der Waals surface area contributed by atoms with Gasteiger partial charge < -0.3 is 13.7 Å². The van der Waals surface area contributed by atoms with E-state index in [9.17, 15) is 12.8 Å². The van der Waals surface area contributed by atoms with Crippen molar-refractivity contribution >= 4 is 10.0 Å². The van der Waals surface area contributed by atoms with Gasteiger partial charge in [-0.2, -0.15) is 4.31 Å². The summed E-state index contributed by atoms with van der Waals surface area (Å²) in [6.45, 7) is -0.0946. The lowest BCUT2D eigenvalue weighted by Crippen LogP contribution is -2.30. The summed E-state index contributed by atoms with van der Waals surface area (Å²) in [7, 11) is -2.41. The first-order chi connectivity index (χ1) is 15.0. The molecule has 0 saturated carbocycles. The summed E-state index contributed by atoms with van der Waals surface area (Å²) in [6, 6.07) is 17.0. The van der Waals surface area contributed by atoms with E-state index in [0.29, 0.717) is 28.5 Å². The van der Waals surface area contributed by atoms with Crippen LogP contribution >= 0.6 is 0 Å². The Balaban J connectivity index is 1.66. The van der Waals surface area contributed by atoms with Crippen LogP contribution in [0.4, 0.5) is 4.39 Å². The highest BCUT2D eigenvalue weighted by Gasteiger charge is 2.27. The maximum atomic E-state index is 13.3. The number of halogens is 1. The molecule has 0 fully saturated rings. The lowest BCUT2D eigenvalue weighted by atomic mass is 10.1. The predicted molar refractivity (Wildman–Crippen MR) is 110 cm³/mol. The Hall–Kier alpha value is -3.43. The molecular formula is C22H19FN2O5S. The fraction of sp³-hybridized carbons (Fsp3) is 0.136. The normalized spacial score (nSPS) is 11.7. The first-order valence-corrected chi connectivity index (χ1v) is 10.8. The van der Waals surface area contributed by atoms with Crippen LogP contribution in [0.5, 0.6) is 5.75 Å². The van der Waals surface area contributed by atoms with Crippen LogP contribution in [0.3, 0.4) is 0 Å². The van der Waals surface area contributed by atoms with Crippen LogP contribution in [0.2, 0.25) is 0 Å². The zero-order valence-corrected chi connectivity index (χ0v) is 17.4. The van der Waals surface area contributed by atoms with Crippen molar-refractivity contribution in [3.8, 4) is 17.1 Å². The van der Waals surface area contributed by atoms with E-state index < -0.39 is 15.8 Å². The SMILES string of the molecule is COc1ccccc1-c1cc(CN(Cc2ccco2)S(=O)(=O)c2ccc(F)cc2)no1. The number of aromatic nitrogens is 1. The number of nitrogens with zero attached hydrogens (tertiary/aromatic N) is 2. The molecule has 0 atom stereocenters. The molecule has 0 aliphatic heterocycles. The van der Waals surface area contributed by atoms with Crippen LogP contribution in [0.1, 0.15) is 11.5 Å². The zero-order chi connectivity index (χ0) is 21.8. The van der Waals surface area contributed by atoms with Crippen LogP contribution in [-0.4, -0.2) is 25.0 Å². The van der Waals surface area contributed by atoms with Crippen molar-refractivity contribution < 1.29 is 26.5 Å². The van der Waals surface area contributed by atoms with E-state index in [2.05, 4.69) is 5.16 Å². The smallest absolute Gasteiger partial charge is 0.243 e. The molecule has 0 N–H and O–H groups in total. The molecular weight excluding hydrogens is 423 g/mol. The molecule has 0 spiro atoms. The van der Waals surface area contributed by atoms with E-state index in [1.807, 2.05) is 18.2 Å². The van der Waals surface area contributed by atoms with E-state index >= 15 is 0 Å². The predicted octanol–water partition coefficient (Wildman–Crippen LogP) is 4.47. The summed E-state index contributed by atoms with van der Waals surface area (Å²) in [4.78, 5) is -0.0334. The molecule has 31 heavy (non-hydrogen) atoms. The van der Waals surface area contributed by atoms with Crippen molar-refractivity contribution in [1.82, 2.24) is 9.46 Å². The van der Waals surface area contributed by atoms with E-state index in [1.165, 1.54) is 22.7 Å². The van der Waals surface area contributed by atoms with Gasteiger partial charge in [0.25, 0.3) is 0 Å². The van der Waals surface area contributed by atoms with Gasteiger partial charge in [0.05, 0.1) is 42.6 Å². The number of methoxy groups -OCH3 is 1. The molecule has 2 aromatic carbocycles. The van der Waals surface area contributed by atoms with Crippen molar-refractivity contribution in [2.24, 2.45) is 0 Å². The second-order valence-electron chi connectivity index (χ2n) is 6.69. The van der Waals surface area contributed by atoms with Gasteiger partial charge in [-0.05, 0) is 48.5 Å². The summed E-state index contributed by atoms with van der Waals surface area (Å²) in [5, 5.41) is 4.03. The minimum Gasteiger partial charge on any atom is -0.496 e. The zero-order valence-electron chi connectivity index (χ0n) is 16.6. The largest absolute Gasteiger partial charge is 0.496 e. The van der Waals surface area contributed by atoms with Crippen LogP contribution in [0, 0.1) is 5.82 Å². The van der Waals surface area contributed by atoms with E-state index in [-0.39, 0.29) is 18.0 Å². The minimum atomic E-state index is -3.96. The molecule has 0 aliphatic rings. The highest BCUT2D eigenvalue weighted by molar-refractivity contribution is 7.89. The number of rotatable bonds is 8. The third-order valence-electron chi connectivity index (χ3n) is 4.63. The van der Waals surface area contributed by atoms with Crippen molar-refractivity contribution in [3.63, 3.8) is 0 Å². The highest BCUT2D eigenvalue weighted by atomic mass is 32.2. The number of benzene rings is 2. The summed E-state index contributed by atoms with van der Waals surface area (Å²) in [6.07, 6.45) is 1.47. The molecule has 0 bridgehead atoms. The second-order valence-corrected chi connectivity index (χ2v) is 8.63. The highest BCUT2D eigenvalue weighted by Crippen LogP contribution is 2.31. The number of hydrogen-bond donors (Lipinski definition) is 0. The summed E-state index contributed by atoms with van der Waals surface area (Å²) < 4.78 is 57.1. The van der Waals surface area contributed by atoms with Gasteiger partial charge in [0.2, 0.25) is 10.0 Å². The van der Waals surface area contributed by atoms with Gasteiger partial charge in [-0.15, -0.1) is 0 Å². The standard InChI is InChI=1S/C22H19FN2O5S/c1-28-21-7-3-2-6-20(21)22-13-17(24-30-22)14-25(15-18-5-4-12-29-18)31(26,27)19-10-8-16(23)9-11-19/h2-13H,14-15H2,1H3. The molecule has 7 nitrogen and oxygen atoms in total. The van der Waals surface area contributed by atoms with Crippen LogP contribution in [-0.2, 0) is 23.1 Å². The second kappa shape index (κ2) is 8.75. The number of ether oxygens (including phenoxy) is 1. The average molecular weight is 442 g/mol. The van der Waals surface area contributed by atoms with E-state index in [4.69, 9.17) is 13.7 Å². The molecule has 0 aliphatic carbocycles. The quantitative estimate of drug-likeness (QED) is 0.400. The van der Waals surface area contributed by atoms with Gasteiger partial charge in [0.15, 0.2) is 5.76 Å². The summed E-state index contributed by atoms with van der Waals surface area (Å²) in [5.41, 5.74) is 1.10. The van der Waals surface area contributed by atoms with Crippen molar-refractivity contribution in [2.45, 2.75) is 18.0 Å².